The molecular weight excluding hydrogens is 144 g/mol. The van der Waals surface area contributed by atoms with Gasteiger partial charge < -0.3 is 11.5 Å². The van der Waals surface area contributed by atoms with Crippen LogP contribution in [0, 0.1) is 6.92 Å². The number of ketones is 2. The Morgan fingerprint density at radius 3 is 2.27 bits per heavy atom. The third kappa shape index (κ3) is 5.69. The summed E-state index contributed by atoms with van der Waals surface area (Å²) in [5.41, 5.74) is 10.5. The first kappa shape index (κ1) is 10.3. The van der Waals surface area contributed by atoms with Crippen LogP contribution < -0.4 is 11.5 Å². The van der Waals surface area contributed by atoms with Crippen LogP contribution in [-0.2, 0) is 9.59 Å². The summed E-state index contributed by atoms with van der Waals surface area (Å²) < 4.78 is 0. The fourth-order valence-electron chi connectivity index (χ4n) is 0.740. The predicted molar refractivity (Wildman–Crippen MR) is 41.6 cm³/mol. The van der Waals surface area contributed by atoms with Gasteiger partial charge in [-0.2, -0.15) is 0 Å². The normalized spacial score (nSPS) is 12.6. The summed E-state index contributed by atoms with van der Waals surface area (Å²) in [6.07, 6.45) is 0.309. The Morgan fingerprint density at radius 2 is 1.91 bits per heavy atom. The predicted octanol–water partition coefficient (Wildman–Crippen LogP) is -0.975. The second-order valence-corrected chi connectivity index (χ2v) is 2.45. The number of hydrogen-bond donors (Lipinski definition) is 2. The van der Waals surface area contributed by atoms with E-state index in [9.17, 15) is 9.59 Å². The van der Waals surface area contributed by atoms with Crippen molar-refractivity contribution in [2.24, 2.45) is 11.5 Å². The zero-order valence-corrected chi connectivity index (χ0v) is 6.38. The Morgan fingerprint density at radius 1 is 1.36 bits per heavy atom. The molecule has 0 aliphatic carbocycles. The summed E-state index contributed by atoms with van der Waals surface area (Å²) in [4.78, 5) is 21.1. The number of carbonyl (C=O) groups excluding carboxylic acids is 2. The topological polar surface area (TPSA) is 86.2 Å². The fourth-order valence-corrected chi connectivity index (χ4v) is 0.740. The van der Waals surface area contributed by atoms with Gasteiger partial charge in [0.15, 0.2) is 0 Å². The molecular formula is C7H13N2O2. The molecule has 1 radical (unpaired) electrons. The van der Waals surface area contributed by atoms with Crippen LogP contribution >= 0.6 is 0 Å². The lowest BCUT2D eigenvalue weighted by Crippen LogP contribution is -2.28. The molecule has 0 saturated heterocycles. The minimum Gasteiger partial charge on any atom is -0.327 e. The molecule has 4 heteroatoms. The van der Waals surface area contributed by atoms with Crippen LogP contribution in [-0.4, -0.2) is 24.2 Å². The molecule has 0 amide bonds. The number of rotatable bonds is 5. The van der Waals surface area contributed by atoms with Crippen LogP contribution in [0.4, 0.5) is 0 Å². The molecule has 0 aromatic carbocycles. The highest BCUT2D eigenvalue weighted by molar-refractivity contribution is 5.85. The minimum absolute atomic E-state index is 0.0148. The number of nitrogens with two attached hydrogens (primary N) is 2. The summed E-state index contributed by atoms with van der Waals surface area (Å²) in [7, 11) is 0. The summed E-state index contributed by atoms with van der Waals surface area (Å²) in [5, 5.41) is 0. The van der Waals surface area contributed by atoms with Crippen molar-refractivity contribution in [3.8, 4) is 0 Å². The molecule has 1 unspecified atom stereocenters. The second kappa shape index (κ2) is 4.98. The molecule has 0 fully saturated rings. The van der Waals surface area contributed by atoms with E-state index in [1.54, 1.807) is 0 Å². The highest BCUT2D eigenvalue weighted by Crippen LogP contribution is 1.95. The summed E-state index contributed by atoms with van der Waals surface area (Å²) in [6, 6.07) is -0.420. The van der Waals surface area contributed by atoms with Gasteiger partial charge in [-0.15, -0.1) is 0 Å². The van der Waals surface area contributed by atoms with E-state index >= 15 is 0 Å². The van der Waals surface area contributed by atoms with Crippen molar-refractivity contribution in [3.63, 3.8) is 0 Å². The zero-order chi connectivity index (χ0) is 8.85. The summed E-state index contributed by atoms with van der Waals surface area (Å²) in [6.45, 7) is 3.14. The number of carbonyl (C=O) groups is 2. The van der Waals surface area contributed by atoms with Gasteiger partial charge in [0.1, 0.15) is 11.6 Å². The second-order valence-electron chi connectivity index (χ2n) is 2.45. The fraction of sp³-hybridized carbons (Fsp3) is 0.571. The van der Waals surface area contributed by atoms with Gasteiger partial charge >= 0.3 is 0 Å². The van der Waals surface area contributed by atoms with E-state index in [1.165, 1.54) is 0 Å². The molecule has 0 spiro atoms. The maximum absolute atomic E-state index is 10.7. The Bertz CT molecular complexity index is 157. The Labute approximate surface area is 65.9 Å². The van der Waals surface area contributed by atoms with Crippen LogP contribution in [0.5, 0.6) is 0 Å². The molecule has 63 valence electrons. The number of hydrogen-bond acceptors (Lipinski definition) is 4. The van der Waals surface area contributed by atoms with Crippen LogP contribution in [0.25, 0.3) is 0 Å². The lowest BCUT2D eigenvalue weighted by Gasteiger charge is -2.06. The maximum Gasteiger partial charge on any atom is 0.147 e. The molecule has 0 aliphatic heterocycles. The van der Waals surface area contributed by atoms with Gasteiger partial charge in [-0.3, -0.25) is 9.59 Å². The minimum atomic E-state index is -0.420. The van der Waals surface area contributed by atoms with Crippen molar-refractivity contribution >= 4 is 11.6 Å². The van der Waals surface area contributed by atoms with Gasteiger partial charge in [-0.1, -0.05) is 0 Å². The van der Waals surface area contributed by atoms with E-state index in [1.807, 2.05) is 0 Å². The Balaban J connectivity index is 3.60. The van der Waals surface area contributed by atoms with Gasteiger partial charge in [0.25, 0.3) is 0 Å². The molecule has 4 N–H and O–H groups in total. The number of Topliss-reactive ketones (excluding diaryl/α,β-unsaturated/α-hetero) is 2. The molecule has 0 aliphatic rings. The van der Waals surface area contributed by atoms with Crippen LogP contribution in [0.3, 0.4) is 0 Å². The van der Waals surface area contributed by atoms with E-state index in [0.717, 1.165) is 0 Å². The van der Waals surface area contributed by atoms with E-state index in [0.29, 0.717) is 0 Å². The van der Waals surface area contributed by atoms with Crippen molar-refractivity contribution < 1.29 is 9.59 Å². The Hall–Kier alpha value is -0.740. The molecule has 11 heavy (non-hydrogen) atoms. The third-order valence-electron chi connectivity index (χ3n) is 1.21. The molecule has 1 atom stereocenters. The highest BCUT2D eigenvalue weighted by Gasteiger charge is 2.09. The van der Waals surface area contributed by atoms with Gasteiger partial charge in [0.2, 0.25) is 0 Å². The first-order valence-electron chi connectivity index (χ1n) is 3.38. The molecule has 4 nitrogen and oxygen atoms in total. The van der Waals surface area contributed by atoms with E-state index in [-0.39, 0.29) is 31.0 Å². The Kier molecular flexibility index (Phi) is 4.65. The largest absolute Gasteiger partial charge is 0.327 e. The van der Waals surface area contributed by atoms with E-state index in [4.69, 9.17) is 11.5 Å². The third-order valence-corrected chi connectivity index (χ3v) is 1.21. The highest BCUT2D eigenvalue weighted by atomic mass is 16.1. The summed E-state index contributed by atoms with van der Waals surface area (Å²) >= 11 is 0. The molecule has 0 saturated carbocycles. The smallest absolute Gasteiger partial charge is 0.147 e. The van der Waals surface area contributed by atoms with Gasteiger partial charge in [0, 0.05) is 25.8 Å². The molecule has 0 heterocycles. The average molecular weight is 157 g/mol. The van der Waals surface area contributed by atoms with E-state index < -0.39 is 6.04 Å². The van der Waals surface area contributed by atoms with Crippen molar-refractivity contribution in [1.82, 2.24) is 0 Å². The monoisotopic (exact) mass is 157 g/mol. The van der Waals surface area contributed by atoms with Crippen molar-refractivity contribution in [1.29, 1.82) is 0 Å². The quantitative estimate of drug-likeness (QED) is 0.537. The van der Waals surface area contributed by atoms with Gasteiger partial charge in [-0.25, -0.2) is 0 Å². The van der Waals surface area contributed by atoms with Crippen LogP contribution in [0.1, 0.15) is 12.8 Å². The molecule has 0 aromatic rings. The van der Waals surface area contributed by atoms with Crippen LogP contribution in [0.2, 0.25) is 0 Å². The summed E-state index contributed by atoms with van der Waals surface area (Å²) in [5.74, 6) is -0.374. The molecule has 0 aromatic heterocycles. The van der Waals surface area contributed by atoms with E-state index in [2.05, 4.69) is 6.92 Å². The first-order chi connectivity index (χ1) is 5.06. The van der Waals surface area contributed by atoms with Gasteiger partial charge in [-0.05, 0) is 0 Å². The average Bonchev–Trinajstić information content (AvgIpc) is 1.85. The molecule has 0 rings (SSSR count). The van der Waals surface area contributed by atoms with Crippen molar-refractivity contribution in [2.45, 2.75) is 18.9 Å². The standard InChI is InChI=1S/C7H13N2O2/c1-5(10)2-6(9)3-7(11)4-8/h6H,1-4,8-9H2. The van der Waals surface area contributed by atoms with Gasteiger partial charge in [0.05, 0.1) is 6.54 Å². The molecule has 0 bridgehead atoms. The van der Waals surface area contributed by atoms with Crippen LogP contribution in [0.15, 0.2) is 0 Å². The zero-order valence-electron chi connectivity index (χ0n) is 6.38. The lowest BCUT2D eigenvalue weighted by molar-refractivity contribution is -0.118. The van der Waals surface area contributed by atoms with Crippen molar-refractivity contribution in [2.75, 3.05) is 6.54 Å². The maximum atomic E-state index is 10.7. The first-order valence-corrected chi connectivity index (χ1v) is 3.38. The lowest BCUT2D eigenvalue weighted by atomic mass is 10.1. The SMILES string of the molecule is [CH2]C(=O)CC(N)CC(=O)CN. The van der Waals surface area contributed by atoms with Crippen molar-refractivity contribution in [3.05, 3.63) is 6.92 Å².